The molecule has 0 aliphatic heterocycles. The smallest absolute Gasteiger partial charge is 0.0498 e. The quantitative estimate of drug-likeness (QED) is 0.456. The maximum atomic E-state index is 4.82. The van der Waals surface area contributed by atoms with Crippen molar-refractivity contribution in [3.05, 3.63) is 0 Å². The predicted molar refractivity (Wildman–Crippen MR) is 64.1 cm³/mol. The van der Waals surface area contributed by atoms with E-state index in [0.29, 0.717) is 6.04 Å². The van der Waals surface area contributed by atoms with Crippen LogP contribution in [0.5, 0.6) is 0 Å². The van der Waals surface area contributed by atoms with Crippen molar-refractivity contribution in [1.29, 1.82) is 0 Å². The first-order valence-corrected chi connectivity index (χ1v) is 6.36. The van der Waals surface area contributed by atoms with Crippen LogP contribution in [0.2, 0.25) is 0 Å². The number of hydrogen-bond donors (Lipinski definition) is 0. The van der Waals surface area contributed by atoms with Gasteiger partial charge < -0.3 is 0 Å². The molecule has 0 spiro atoms. The minimum atomic E-state index is 0.672. The fourth-order valence-corrected chi connectivity index (χ4v) is 2.22. The first kappa shape index (κ1) is 11.7. The summed E-state index contributed by atoms with van der Waals surface area (Å²) in [7, 11) is 0. The molecule has 1 nitrogen and oxygen atoms in total. The van der Waals surface area contributed by atoms with Gasteiger partial charge in [0, 0.05) is 11.8 Å². The van der Waals surface area contributed by atoms with Gasteiger partial charge >= 0.3 is 0 Å². The molecule has 0 N–H and O–H groups in total. The molecule has 1 saturated carbocycles. The Bertz CT molecular complexity index is 166. The highest BCUT2D eigenvalue weighted by Gasteiger charge is 2.11. The Balaban J connectivity index is 2.19. The van der Waals surface area contributed by atoms with Crippen molar-refractivity contribution in [3.63, 3.8) is 0 Å². The summed E-state index contributed by atoms with van der Waals surface area (Å²) in [5, 5.41) is 0. The summed E-state index contributed by atoms with van der Waals surface area (Å²) in [4.78, 5) is 4.82. The molecule has 0 aromatic carbocycles. The molecule has 1 rings (SSSR count). The average molecular weight is 195 g/mol. The number of hydrogen-bond acceptors (Lipinski definition) is 1. The standard InChI is InChI=1S/C13H25N/c1-3-4-6-9-12(2)14-13-10-7-5-8-11-13/h13H,3-11H2,1-2H3. The molecule has 0 saturated heterocycles. The van der Waals surface area contributed by atoms with E-state index in [9.17, 15) is 0 Å². The molecule has 1 aliphatic carbocycles. The van der Waals surface area contributed by atoms with E-state index >= 15 is 0 Å². The fourth-order valence-electron chi connectivity index (χ4n) is 2.22. The van der Waals surface area contributed by atoms with Crippen LogP contribution in [0, 0.1) is 0 Å². The van der Waals surface area contributed by atoms with Gasteiger partial charge in [0.1, 0.15) is 0 Å². The topological polar surface area (TPSA) is 12.4 Å². The summed E-state index contributed by atoms with van der Waals surface area (Å²) < 4.78 is 0. The summed E-state index contributed by atoms with van der Waals surface area (Å²) in [6.07, 6.45) is 12.1. The van der Waals surface area contributed by atoms with Crippen molar-refractivity contribution < 1.29 is 0 Å². The second-order valence-corrected chi connectivity index (χ2v) is 4.61. The third kappa shape index (κ3) is 4.78. The zero-order valence-corrected chi connectivity index (χ0v) is 9.89. The van der Waals surface area contributed by atoms with Gasteiger partial charge in [-0.05, 0) is 32.6 Å². The molecule has 1 aliphatic rings. The van der Waals surface area contributed by atoms with E-state index in [2.05, 4.69) is 13.8 Å². The van der Waals surface area contributed by atoms with E-state index in [1.54, 1.807) is 0 Å². The number of nitrogens with zero attached hydrogens (tertiary/aromatic N) is 1. The second kappa shape index (κ2) is 7.03. The van der Waals surface area contributed by atoms with Crippen LogP contribution in [0.3, 0.4) is 0 Å². The lowest BCUT2D eigenvalue weighted by Crippen LogP contribution is -2.11. The Hall–Kier alpha value is -0.330. The van der Waals surface area contributed by atoms with Crippen molar-refractivity contribution in [2.75, 3.05) is 0 Å². The van der Waals surface area contributed by atoms with E-state index < -0.39 is 0 Å². The minimum absolute atomic E-state index is 0.672. The SMILES string of the molecule is CCCCCC(C)=NC1CCCCC1. The predicted octanol–water partition coefficient (Wildman–Crippen LogP) is 4.36. The highest BCUT2D eigenvalue weighted by molar-refractivity contribution is 5.82. The Morgan fingerprint density at radius 2 is 1.86 bits per heavy atom. The number of rotatable bonds is 5. The van der Waals surface area contributed by atoms with Crippen LogP contribution in [-0.2, 0) is 0 Å². The molecule has 1 heteroatoms. The van der Waals surface area contributed by atoms with Crippen molar-refractivity contribution in [1.82, 2.24) is 0 Å². The molecule has 0 heterocycles. The Labute approximate surface area is 89.0 Å². The first-order valence-electron chi connectivity index (χ1n) is 6.36. The molecular weight excluding hydrogens is 170 g/mol. The van der Waals surface area contributed by atoms with Crippen LogP contribution >= 0.6 is 0 Å². The maximum absolute atomic E-state index is 4.82. The summed E-state index contributed by atoms with van der Waals surface area (Å²) >= 11 is 0. The molecule has 0 aromatic heterocycles. The van der Waals surface area contributed by atoms with Crippen LogP contribution in [0.1, 0.15) is 71.6 Å². The third-order valence-electron chi connectivity index (χ3n) is 3.12. The molecule has 82 valence electrons. The molecule has 0 amide bonds. The Morgan fingerprint density at radius 3 is 2.50 bits per heavy atom. The molecule has 1 fully saturated rings. The number of aliphatic imine (C=N–C) groups is 1. The minimum Gasteiger partial charge on any atom is -0.291 e. The van der Waals surface area contributed by atoms with Crippen LogP contribution in [0.4, 0.5) is 0 Å². The monoisotopic (exact) mass is 195 g/mol. The summed E-state index contributed by atoms with van der Waals surface area (Å²) in [5.41, 5.74) is 1.39. The zero-order valence-electron chi connectivity index (χ0n) is 9.89. The normalized spacial score (nSPS) is 20.0. The van der Waals surface area contributed by atoms with Gasteiger partial charge in [-0.15, -0.1) is 0 Å². The van der Waals surface area contributed by atoms with Gasteiger partial charge in [-0.2, -0.15) is 0 Å². The van der Waals surface area contributed by atoms with Crippen molar-refractivity contribution in [2.24, 2.45) is 4.99 Å². The van der Waals surface area contributed by atoms with Gasteiger partial charge in [0.25, 0.3) is 0 Å². The summed E-state index contributed by atoms with van der Waals surface area (Å²) in [6.45, 7) is 4.47. The highest BCUT2D eigenvalue weighted by atomic mass is 14.8. The van der Waals surface area contributed by atoms with Crippen LogP contribution < -0.4 is 0 Å². The highest BCUT2D eigenvalue weighted by Crippen LogP contribution is 2.20. The van der Waals surface area contributed by atoms with Gasteiger partial charge in [-0.1, -0.05) is 39.0 Å². The summed E-state index contributed by atoms with van der Waals surface area (Å²) in [6, 6.07) is 0.672. The van der Waals surface area contributed by atoms with Crippen molar-refractivity contribution in [2.45, 2.75) is 77.7 Å². The van der Waals surface area contributed by atoms with Crippen LogP contribution in [-0.4, -0.2) is 11.8 Å². The zero-order chi connectivity index (χ0) is 10.2. The third-order valence-corrected chi connectivity index (χ3v) is 3.12. The van der Waals surface area contributed by atoms with Crippen LogP contribution in [0.15, 0.2) is 4.99 Å². The number of unbranched alkanes of at least 4 members (excludes halogenated alkanes) is 2. The molecule has 0 aromatic rings. The first-order chi connectivity index (χ1) is 6.83. The molecule has 0 bridgehead atoms. The van der Waals surface area contributed by atoms with Crippen molar-refractivity contribution >= 4 is 5.71 Å². The second-order valence-electron chi connectivity index (χ2n) is 4.61. The fraction of sp³-hybridized carbons (Fsp3) is 0.923. The van der Waals surface area contributed by atoms with E-state index in [1.165, 1.54) is 63.5 Å². The summed E-state index contributed by atoms with van der Waals surface area (Å²) in [5.74, 6) is 0. The maximum Gasteiger partial charge on any atom is 0.0498 e. The lowest BCUT2D eigenvalue weighted by atomic mass is 9.96. The molecule has 0 radical (unpaired) electrons. The van der Waals surface area contributed by atoms with Gasteiger partial charge in [-0.3, -0.25) is 4.99 Å². The lowest BCUT2D eigenvalue weighted by Gasteiger charge is -2.18. The van der Waals surface area contributed by atoms with Crippen molar-refractivity contribution in [3.8, 4) is 0 Å². The van der Waals surface area contributed by atoms with E-state index in [1.807, 2.05) is 0 Å². The molecular formula is C13H25N. The van der Waals surface area contributed by atoms with E-state index in [4.69, 9.17) is 4.99 Å². The molecule has 0 unspecified atom stereocenters. The lowest BCUT2D eigenvalue weighted by molar-refractivity contribution is 0.442. The van der Waals surface area contributed by atoms with Gasteiger partial charge in [0.2, 0.25) is 0 Å². The Kier molecular flexibility index (Phi) is 5.89. The van der Waals surface area contributed by atoms with E-state index in [0.717, 1.165) is 0 Å². The Morgan fingerprint density at radius 1 is 1.14 bits per heavy atom. The van der Waals surface area contributed by atoms with Gasteiger partial charge in [-0.25, -0.2) is 0 Å². The van der Waals surface area contributed by atoms with Gasteiger partial charge in [0.05, 0.1) is 0 Å². The van der Waals surface area contributed by atoms with E-state index in [-0.39, 0.29) is 0 Å². The average Bonchev–Trinajstić information content (AvgIpc) is 2.20. The van der Waals surface area contributed by atoms with Gasteiger partial charge in [0.15, 0.2) is 0 Å². The molecule has 0 atom stereocenters. The largest absolute Gasteiger partial charge is 0.291 e. The van der Waals surface area contributed by atoms with Crippen LogP contribution in [0.25, 0.3) is 0 Å². The molecule has 14 heavy (non-hydrogen) atoms.